The molecule has 0 amide bonds. The molecule has 0 spiro atoms. The Labute approximate surface area is 150 Å². The molecule has 0 bridgehead atoms. The number of ether oxygens (including phenoxy) is 2. The Morgan fingerprint density at radius 1 is 1.12 bits per heavy atom. The Bertz CT molecular complexity index is 673. The molecule has 4 rings (SSSR count). The summed E-state index contributed by atoms with van der Waals surface area (Å²) < 4.78 is 11.7. The number of hydrogen-bond donors (Lipinski definition) is 0. The van der Waals surface area contributed by atoms with Crippen molar-refractivity contribution in [3.8, 4) is 0 Å². The fraction of sp³-hybridized carbons (Fsp3) is 0.529. The van der Waals surface area contributed by atoms with Crippen molar-refractivity contribution < 1.29 is 9.47 Å². The van der Waals surface area contributed by atoms with Gasteiger partial charge in [0.15, 0.2) is 0 Å². The first-order chi connectivity index (χ1) is 11.8. The van der Waals surface area contributed by atoms with Crippen LogP contribution in [0.15, 0.2) is 24.3 Å². The van der Waals surface area contributed by atoms with E-state index in [9.17, 15) is 0 Å². The molecule has 0 N–H and O–H groups in total. The zero-order valence-electron chi connectivity index (χ0n) is 13.4. The summed E-state index contributed by atoms with van der Waals surface area (Å²) in [5, 5.41) is 11.5. The van der Waals surface area contributed by atoms with Crippen LogP contribution in [-0.2, 0) is 15.9 Å². The highest BCUT2D eigenvalue weighted by molar-refractivity contribution is 7.15. The number of hydrogen-bond acceptors (Lipinski definition) is 6. The standard InChI is InChI=1S/C17H20ClN3O2S/c18-13-5-3-12(4-6-13)10-16-19-20-17(24-16)21-7-9-23-15(11-21)14-2-1-8-22-14/h3-6,14-15H,1-2,7-11H2. The van der Waals surface area contributed by atoms with E-state index in [1.807, 2.05) is 24.3 Å². The second kappa shape index (κ2) is 7.35. The molecule has 2 aliphatic rings. The molecule has 2 unspecified atom stereocenters. The molecule has 0 aliphatic carbocycles. The van der Waals surface area contributed by atoms with Gasteiger partial charge in [0, 0.05) is 31.1 Å². The molecule has 24 heavy (non-hydrogen) atoms. The quantitative estimate of drug-likeness (QED) is 0.832. The maximum atomic E-state index is 5.93. The predicted molar refractivity (Wildman–Crippen MR) is 95.1 cm³/mol. The van der Waals surface area contributed by atoms with Crippen LogP contribution in [0, 0.1) is 0 Å². The molecule has 0 radical (unpaired) electrons. The Hall–Kier alpha value is -1.21. The summed E-state index contributed by atoms with van der Waals surface area (Å²) in [4.78, 5) is 2.28. The Morgan fingerprint density at radius 2 is 1.96 bits per heavy atom. The van der Waals surface area contributed by atoms with Crippen LogP contribution < -0.4 is 4.90 Å². The topological polar surface area (TPSA) is 47.5 Å². The molecular weight excluding hydrogens is 346 g/mol. The van der Waals surface area contributed by atoms with Gasteiger partial charge < -0.3 is 14.4 Å². The fourth-order valence-electron chi connectivity index (χ4n) is 3.19. The summed E-state index contributed by atoms with van der Waals surface area (Å²) in [7, 11) is 0. The van der Waals surface area contributed by atoms with Crippen molar-refractivity contribution in [2.45, 2.75) is 31.5 Å². The van der Waals surface area contributed by atoms with E-state index in [0.29, 0.717) is 0 Å². The zero-order chi connectivity index (χ0) is 16.4. The van der Waals surface area contributed by atoms with E-state index in [4.69, 9.17) is 21.1 Å². The van der Waals surface area contributed by atoms with Crippen molar-refractivity contribution in [2.24, 2.45) is 0 Å². The van der Waals surface area contributed by atoms with E-state index in [2.05, 4.69) is 15.1 Å². The lowest BCUT2D eigenvalue weighted by Crippen LogP contribution is -2.47. The molecule has 2 saturated heterocycles. The van der Waals surface area contributed by atoms with E-state index in [1.54, 1.807) is 11.3 Å². The number of benzene rings is 1. The molecular formula is C17H20ClN3O2S. The summed E-state index contributed by atoms with van der Waals surface area (Å²) in [5.41, 5.74) is 1.20. The molecule has 2 aliphatic heterocycles. The van der Waals surface area contributed by atoms with Gasteiger partial charge in [0.2, 0.25) is 5.13 Å². The highest BCUT2D eigenvalue weighted by atomic mass is 35.5. The lowest BCUT2D eigenvalue weighted by Gasteiger charge is -2.34. The predicted octanol–water partition coefficient (Wildman–Crippen LogP) is 3.17. The lowest BCUT2D eigenvalue weighted by molar-refractivity contribution is -0.0543. The maximum absolute atomic E-state index is 5.93. The smallest absolute Gasteiger partial charge is 0.208 e. The van der Waals surface area contributed by atoms with Gasteiger partial charge >= 0.3 is 0 Å². The molecule has 2 fully saturated rings. The van der Waals surface area contributed by atoms with Gasteiger partial charge in [-0.1, -0.05) is 35.1 Å². The largest absolute Gasteiger partial charge is 0.375 e. The third-order valence-electron chi connectivity index (χ3n) is 4.47. The summed E-state index contributed by atoms with van der Waals surface area (Å²) in [6.45, 7) is 3.27. The molecule has 5 nitrogen and oxygen atoms in total. The number of halogens is 1. The number of aromatic nitrogens is 2. The lowest BCUT2D eigenvalue weighted by atomic mass is 10.1. The number of rotatable bonds is 4. The van der Waals surface area contributed by atoms with Crippen LogP contribution in [0.1, 0.15) is 23.4 Å². The van der Waals surface area contributed by atoms with E-state index in [0.717, 1.165) is 60.7 Å². The van der Waals surface area contributed by atoms with Crippen LogP contribution in [0.5, 0.6) is 0 Å². The van der Waals surface area contributed by atoms with E-state index >= 15 is 0 Å². The average molecular weight is 366 g/mol. The second-order valence-electron chi connectivity index (χ2n) is 6.19. The molecule has 128 valence electrons. The van der Waals surface area contributed by atoms with Crippen LogP contribution >= 0.6 is 22.9 Å². The third kappa shape index (κ3) is 3.72. The van der Waals surface area contributed by atoms with E-state index in [-0.39, 0.29) is 12.2 Å². The monoisotopic (exact) mass is 365 g/mol. The van der Waals surface area contributed by atoms with Crippen molar-refractivity contribution in [1.82, 2.24) is 10.2 Å². The van der Waals surface area contributed by atoms with Crippen molar-refractivity contribution in [2.75, 3.05) is 31.2 Å². The average Bonchev–Trinajstić information content (AvgIpc) is 3.29. The normalized spacial score (nSPS) is 24.5. The van der Waals surface area contributed by atoms with Gasteiger partial charge in [0.05, 0.1) is 12.7 Å². The van der Waals surface area contributed by atoms with Crippen LogP contribution in [0.3, 0.4) is 0 Å². The van der Waals surface area contributed by atoms with Gasteiger partial charge in [-0.15, -0.1) is 10.2 Å². The zero-order valence-corrected chi connectivity index (χ0v) is 14.9. The highest BCUT2D eigenvalue weighted by Crippen LogP contribution is 2.27. The number of morpholine rings is 1. The number of anilines is 1. The van der Waals surface area contributed by atoms with Gasteiger partial charge in [-0.25, -0.2) is 0 Å². The third-order valence-corrected chi connectivity index (χ3v) is 5.70. The summed E-state index contributed by atoms with van der Waals surface area (Å²) >= 11 is 7.59. The number of nitrogens with zero attached hydrogens (tertiary/aromatic N) is 3. The van der Waals surface area contributed by atoms with E-state index < -0.39 is 0 Å². The Morgan fingerprint density at radius 3 is 2.75 bits per heavy atom. The van der Waals surface area contributed by atoms with Crippen LogP contribution in [0.25, 0.3) is 0 Å². The Kier molecular flexibility index (Phi) is 4.98. The first-order valence-electron chi connectivity index (χ1n) is 8.33. The molecule has 1 aromatic heterocycles. The molecule has 7 heteroatoms. The highest BCUT2D eigenvalue weighted by Gasteiger charge is 2.32. The fourth-order valence-corrected chi connectivity index (χ4v) is 4.22. The molecule has 2 aromatic rings. The SMILES string of the molecule is Clc1ccc(Cc2nnc(N3CCOC(C4CCCO4)C3)s2)cc1. The molecule has 1 aromatic carbocycles. The second-order valence-corrected chi connectivity index (χ2v) is 7.67. The van der Waals surface area contributed by atoms with Crippen molar-refractivity contribution in [3.05, 3.63) is 39.9 Å². The maximum Gasteiger partial charge on any atom is 0.208 e. The first kappa shape index (κ1) is 16.3. The molecule has 2 atom stereocenters. The summed E-state index contributed by atoms with van der Waals surface area (Å²) in [5.74, 6) is 0. The van der Waals surface area contributed by atoms with Crippen LogP contribution in [0.2, 0.25) is 5.02 Å². The first-order valence-corrected chi connectivity index (χ1v) is 9.52. The summed E-state index contributed by atoms with van der Waals surface area (Å²) in [6, 6.07) is 7.89. The summed E-state index contributed by atoms with van der Waals surface area (Å²) in [6.07, 6.45) is 3.39. The Balaban J connectivity index is 1.41. The molecule has 3 heterocycles. The van der Waals surface area contributed by atoms with Crippen LogP contribution in [-0.4, -0.2) is 48.7 Å². The van der Waals surface area contributed by atoms with Crippen molar-refractivity contribution in [3.63, 3.8) is 0 Å². The minimum absolute atomic E-state index is 0.143. The van der Waals surface area contributed by atoms with Crippen molar-refractivity contribution >= 4 is 28.1 Å². The van der Waals surface area contributed by atoms with Gasteiger partial charge in [-0.2, -0.15) is 0 Å². The van der Waals surface area contributed by atoms with Gasteiger partial charge in [0.25, 0.3) is 0 Å². The van der Waals surface area contributed by atoms with Crippen LogP contribution in [0.4, 0.5) is 5.13 Å². The van der Waals surface area contributed by atoms with E-state index in [1.165, 1.54) is 5.56 Å². The van der Waals surface area contributed by atoms with Gasteiger partial charge in [-0.05, 0) is 30.5 Å². The van der Waals surface area contributed by atoms with Crippen molar-refractivity contribution in [1.29, 1.82) is 0 Å². The van der Waals surface area contributed by atoms with Gasteiger partial charge in [-0.3, -0.25) is 0 Å². The van der Waals surface area contributed by atoms with Gasteiger partial charge in [0.1, 0.15) is 11.1 Å². The minimum Gasteiger partial charge on any atom is -0.375 e. The molecule has 0 saturated carbocycles. The minimum atomic E-state index is 0.143.